The molecule has 0 spiro atoms. The van der Waals surface area contributed by atoms with Crippen molar-refractivity contribution < 1.29 is 4.79 Å². The van der Waals surface area contributed by atoms with Crippen molar-refractivity contribution in [2.75, 3.05) is 10.6 Å². The Hall–Kier alpha value is -3.78. The maximum absolute atomic E-state index is 12.1. The van der Waals surface area contributed by atoms with Crippen LogP contribution in [0.5, 0.6) is 0 Å². The fourth-order valence-corrected chi connectivity index (χ4v) is 3.68. The third-order valence-corrected chi connectivity index (χ3v) is 5.19. The molecule has 4 rings (SSSR count). The predicted molar refractivity (Wildman–Crippen MR) is 114 cm³/mol. The van der Waals surface area contributed by atoms with Gasteiger partial charge in [0.25, 0.3) is 10.9 Å². The summed E-state index contributed by atoms with van der Waals surface area (Å²) in [4.78, 5) is 40.2. The molecule has 0 aliphatic rings. The van der Waals surface area contributed by atoms with Crippen LogP contribution in [0.4, 0.5) is 17.1 Å². The maximum Gasteiger partial charge on any atom is 0.253 e. The molecule has 2 aromatic carbocycles. The van der Waals surface area contributed by atoms with Crippen LogP contribution in [0.1, 0.15) is 11.6 Å². The number of thiophene rings is 1. The molecule has 0 fully saturated rings. The average molecular weight is 404 g/mol. The number of amides is 1. The minimum atomic E-state index is -0.963. The topological polar surface area (TPSA) is 114 Å². The van der Waals surface area contributed by atoms with E-state index in [0.29, 0.717) is 11.3 Å². The predicted octanol–water partition coefficient (Wildman–Crippen LogP) is 2.79. The van der Waals surface area contributed by atoms with Gasteiger partial charge in [-0.2, -0.15) is 11.3 Å². The number of nitrogens with one attached hydrogen (secondary N) is 2. The summed E-state index contributed by atoms with van der Waals surface area (Å²) in [7, 11) is 0. The SMILES string of the molecule is NC(=O)C(Nc1c(Nc2ccncc2)c(=O)c1=O)c1cccc(-c2ccsc2)c1. The minimum absolute atomic E-state index is 0.0385. The first-order chi connectivity index (χ1) is 14.0. The van der Waals surface area contributed by atoms with Crippen LogP contribution < -0.4 is 27.2 Å². The lowest BCUT2D eigenvalue weighted by Gasteiger charge is -2.21. The summed E-state index contributed by atoms with van der Waals surface area (Å²) >= 11 is 1.57. The zero-order valence-electron chi connectivity index (χ0n) is 15.1. The van der Waals surface area contributed by atoms with Crippen LogP contribution in [0.25, 0.3) is 11.1 Å². The number of carbonyl (C=O) groups excluding carboxylic acids is 1. The quantitative estimate of drug-likeness (QED) is 0.408. The lowest BCUT2D eigenvalue weighted by Crippen LogP contribution is -2.39. The molecule has 29 heavy (non-hydrogen) atoms. The van der Waals surface area contributed by atoms with E-state index in [-0.39, 0.29) is 11.4 Å². The van der Waals surface area contributed by atoms with E-state index in [4.69, 9.17) is 5.73 Å². The van der Waals surface area contributed by atoms with Gasteiger partial charge in [0.05, 0.1) is 0 Å². The standard InChI is InChI=1S/C21H16N4O3S/c22-21(28)16(13-3-1-2-12(10-13)14-6-9-29-11-14)25-18-17(19(26)20(18)27)24-15-4-7-23-8-5-15/h1-11,16,25H,(H2,22,28)(H,23,24). The molecule has 0 saturated heterocycles. The van der Waals surface area contributed by atoms with E-state index in [9.17, 15) is 14.4 Å². The molecule has 1 unspecified atom stereocenters. The van der Waals surface area contributed by atoms with Crippen LogP contribution in [0.15, 0.2) is 75.2 Å². The smallest absolute Gasteiger partial charge is 0.253 e. The highest BCUT2D eigenvalue weighted by Crippen LogP contribution is 2.28. The van der Waals surface area contributed by atoms with Crippen LogP contribution in [0.2, 0.25) is 0 Å². The molecule has 0 aliphatic carbocycles. The fraction of sp³-hybridized carbons (Fsp3) is 0.0476. The zero-order valence-corrected chi connectivity index (χ0v) is 15.9. The van der Waals surface area contributed by atoms with Crippen LogP contribution in [-0.4, -0.2) is 10.9 Å². The number of pyridine rings is 1. The van der Waals surface area contributed by atoms with Crippen molar-refractivity contribution in [3.05, 3.63) is 91.6 Å². The molecule has 1 atom stereocenters. The van der Waals surface area contributed by atoms with Gasteiger partial charge in [0.2, 0.25) is 5.91 Å². The Bertz CT molecular complexity index is 1230. The molecule has 2 heterocycles. The summed E-state index contributed by atoms with van der Waals surface area (Å²) in [5.41, 5.74) is 7.54. The second-order valence-corrected chi connectivity index (χ2v) is 7.17. The summed E-state index contributed by atoms with van der Waals surface area (Å²) < 4.78 is 0. The highest BCUT2D eigenvalue weighted by atomic mass is 32.1. The van der Waals surface area contributed by atoms with Crippen molar-refractivity contribution in [3.8, 4) is 11.1 Å². The van der Waals surface area contributed by atoms with E-state index >= 15 is 0 Å². The third kappa shape index (κ3) is 3.65. The van der Waals surface area contributed by atoms with Gasteiger partial charge in [0.1, 0.15) is 17.4 Å². The van der Waals surface area contributed by atoms with Gasteiger partial charge in [-0.1, -0.05) is 18.2 Å². The first-order valence-electron chi connectivity index (χ1n) is 8.73. The van der Waals surface area contributed by atoms with Crippen LogP contribution >= 0.6 is 11.3 Å². The summed E-state index contributed by atoms with van der Waals surface area (Å²) in [5, 5.41) is 9.71. The van der Waals surface area contributed by atoms with Gasteiger partial charge in [-0.05, 0) is 51.7 Å². The van der Waals surface area contributed by atoms with Crippen molar-refractivity contribution >= 4 is 34.3 Å². The Morgan fingerprint density at radius 2 is 1.76 bits per heavy atom. The van der Waals surface area contributed by atoms with Crippen LogP contribution in [-0.2, 0) is 4.79 Å². The second kappa shape index (κ2) is 7.69. The Labute approximate surface area is 169 Å². The molecular weight excluding hydrogens is 388 g/mol. The summed E-state index contributed by atoms with van der Waals surface area (Å²) in [6, 6.07) is 11.7. The highest BCUT2D eigenvalue weighted by molar-refractivity contribution is 7.08. The Morgan fingerprint density at radius 1 is 1.00 bits per heavy atom. The second-order valence-electron chi connectivity index (χ2n) is 6.39. The van der Waals surface area contributed by atoms with Crippen molar-refractivity contribution in [2.45, 2.75) is 6.04 Å². The Morgan fingerprint density at radius 3 is 2.45 bits per heavy atom. The minimum Gasteiger partial charge on any atom is -0.368 e. The summed E-state index contributed by atoms with van der Waals surface area (Å²) in [5.74, 6) is -0.657. The molecule has 2 aromatic heterocycles. The average Bonchev–Trinajstić information content (AvgIpc) is 3.28. The molecule has 0 radical (unpaired) electrons. The monoisotopic (exact) mass is 404 g/mol. The first-order valence-corrected chi connectivity index (χ1v) is 9.67. The number of aromatic nitrogens is 1. The largest absolute Gasteiger partial charge is 0.368 e. The summed E-state index contributed by atoms with van der Waals surface area (Å²) in [6.45, 7) is 0. The summed E-state index contributed by atoms with van der Waals surface area (Å²) in [6.07, 6.45) is 3.12. The molecule has 0 bridgehead atoms. The van der Waals surface area contributed by atoms with Crippen LogP contribution in [0, 0.1) is 0 Å². The number of rotatable bonds is 7. The van der Waals surface area contributed by atoms with Crippen molar-refractivity contribution in [2.24, 2.45) is 5.73 Å². The molecule has 4 N–H and O–H groups in total. The van der Waals surface area contributed by atoms with E-state index in [2.05, 4.69) is 15.6 Å². The Kier molecular flexibility index (Phi) is 4.92. The number of nitrogens with zero attached hydrogens (tertiary/aromatic N) is 1. The number of anilines is 3. The van der Waals surface area contributed by atoms with Crippen molar-refractivity contribution in [1.29, 1.82) is 0 Å². The first kappa shape index (κ1) is 18.6. The van der Waals surface area contributed by atoms with Gasteiger partial charge in [0, 0.05) is 18.1 Å². The van der Waals surface area contributed by atoms with E-state index in [1.807, 2.05) is 35.0 Å². The van der Waals surface area contributed by atoms with Gasteiger partial charge in [0.15, 0.2) is 0 Å². The fourth-order valence-electron chi connectivity index (χ4n) is 3.02. The molecule has 0 saturated carbocycles. The van der Waals surface area contributed by atoms with Crippen molar-refractivity contribution in [1.82, 2.24) is 4.98 Å². The van der Waals surface area contributed by atoms with Crippen molar-refractivity contribution in [3.63, 3.8) is 0 Å². The maximum atomic E-state index is 12.1. The van der Waals surface area contributed by atoms with Gasteiger partial charge in [-0.3, -0.25) is 19.4 Å². The number of hydrogen-bond donors (Lipinski definition) is 3. The number of carbonyl (C=O) groups is 1. The number of nitrogens with two attached hydrogens (primary N) is 1. The third-order valence-electron chi connectivity index (χ3n) is 4.51. The molecule has 7 nitrogen and oxygen atoms in total. The Balaban J connectivity index is 1.65. The van der Waals surface area contributed by atoms with Gasteiger partial charge in [-0.15, -0.1) is 0 Å². The number of benzene rings is 1. The number of primary amides is 1. The molecule has 8 heteroatoms. The van der Waals surface area contributed by atoms with E-state index in [1.165, 1.54) is 0 Å². The molecular formula is C21H16N4O3S. The molecule has 1 amide bonds. The highest BCUT2D eigenvalue weighted by Gasteiger charge is 2.27. The van der Waals surface area contributed by atoms with E-state index in [0.717, 1.165) is 11.1 Å². The van der Waals surface area contributed by atoms with E-state index < -0.39 is 22.8 Å². The van der Waals surface area contributed by atoms with E-state index in [1.54, 1.807) is 41.9 Å². The van der Waals surface area contributed by atoms with Gasteiger partial charge < -0.3 is 16.4 Å². The zero-order chi connectivity index (χ0) is 20.4. The van der Waals surface area contributed by atoms with Gasteiger partial charge in [-0.25, -0.2) is 0 Å². The normalized spacial score (nSPS) is 11.9. The molecule has 0 aliphatic heterocycles. The number of hydrogen-bond acceptors (Lipinski definition) is 7. The van der Waals surface area contributed by atoms with Crippen LogP contribution in [0.3, 0.4) is 0 Å². The molecule has 144 valence electrons. The molecule has 4 aromatic rings. The lowest BCUT2D eigenvalue weighted by molar-refractivity contribution is -0.118. The van der Waals surface area contributed by atoms with Gasteiger partial charge >= 0.3 is 0 Å². The lowest BCUT2D eigenvalue weighted by atomic mass is 10.00.